The zero-order valence-electron chi connectivity index (χ0n) is 50.5. The van der Waals surface area contributed by atoms with Gasteiger partial charge < -0.3 is 18.9 Å². The third kappa shape index (κ3) is 9.71. The molecule has 91 heavy (non-hydrogen) atoms. The van der Waals surface area contributed by atoms with Gasteiger partial charge in [0, 0.05) is 92.8 Å². The Hall–Kier alpha value is -11.5. The molecule has 432 valence electrons. The molecular formula is C86H62N4S. The molecule has 17 aromatic rings. The van der Waals surface area contributed by atoms with E-state index in [4.69, 9.17) is 0 Å². The summed E-state index contributed by atoms with van der Waals surface area (Å²) in [6, 6.07) is 124. The molecule has 0 N–H and O–H groups in total. The lowest BCUT2D eigenvalue weighted by Crippen LogP contribution is -2.09. The van der Waals surface area contributed by atoms with Gasteiger partial charge in [0.15, 0.2) is 0 Å². The second-order valence-electron chi connectivity index (χ2n) is 22.8. The fraction of sp³-hybridized carbons (Fsp3) is 0.0233. The van der Waals surface area contributed by atoms with Gasteiger partial charge in [0.2, 0.25) is 0 Å². The van der Waals surface area contributed by atoms with Crippen molar-refractivity contribution in [3.63, 3.8) is 0 Å². The summed E-state index contributed by atoms with van der Waals surface area (Å²) in [6.45, 7) is 4.00. The van der Waals surface area contributed by atoms with E-state index in [2.05, 4.69) is 359 Å². The molecule has 0 radical (unpaired) electrons. The van der Waals surface area contributed by atoms with Crippen molar-refractivity contribution < 1.29 is 0 Å². The number of para-hydroxylation sites is 8. The number of benzene rings is 14. The molecule has 3 aromatic heterocycles. The van der Waals surface area contributed by atoms with Crippen molar-refractivity contribution in [2.24, 2.45) is 0 Å². The Balaban J connectivity index is 0.00000327. The zero-order chi connectivity index (χ0) is 60.8. The summed E-state index contributed by atoms with van der Waals surface area (Å²) >= 11 is 1.90. The van der Waals surface area contributed by atoms with E-state index >= 15 is 0 Å². The van der Waals surface area contributed by atoms with Gasteiger partial charge in [0.1, 0.15) is 0 Å². The molecule has 17 rings (SSSR count). The minimum Gasteiger partial charge on any atom is -0.311 e. The number of fused-ring (bicyclic) bond motifs is 9. The molecule has 0 saturated heterocycles. The van der Waals surface area contributed by atoms with Crippen LogP contribution < -0.4 is 9.80 Å². The Bertz CT molecular complexity index is 5370. The van der Waals surface area contributed by atoms with Crippen LogP contribution in [0.1, 0.15) is 13.8 Å². The van der Waals surface area contributed by atoms with Gasteiger partial charge in [-0.1, -0.05) is 220 Å². The van der Waals surface area contributed by atoms with Gasteiger partial charge in [-0.3, -0.25) is 0 Å². The molecule has 0 unspecified atom stereocenters. The van der Waals surface area contributed by atoms with Crippen molar-refractivity contribution in [1.29, 1.82) is 0 Å². The first kappa shape index (κ1) is 54.9. The average molecular weight is 1180 g/mol. The Labute approximate surface area is 534 Å². The van der Waals surface area contributed by atoms with Gasteiger partial charge in [-0.05, 0) is 172 Å². The minimum absolute atomic E-state index is 1.09. The molecule has 4 nitrogen and oxygen atoms in total. The first-order chi connectivity index (χ1) is 45.2. The van der Waals surface area contributed by atoms with Gasteiger partial charge in [-0.2, -0.15) is 0 Å². The second kappa shape index (κ2) is 23.5. The summed E-state index contributed by atoms with van der Waals surface area (Å²) in [5.41, 5.74) is 23.0. The van der Waals surface area contributed by atoms with Gasteiger partial charge >= 0.3 is 0 Å². The van der Waals surface area contributed by atoms with Crippen molar-refractivity contribution in [2.45, 2.75) is 13.8 Å². The van der Waals surface area contributed by atoms with Crippen LogP contribution in [0.15, 0.2) is 340 Å². The molecular weight excluding hydrogens is 1120 g/mol. The highest BCUT2D eigenvalue weighted by Crippen LogP contribution is 2.50. The molecule has 0 aliphatic heterocycles. The van der Waals surface area contributed by atoms with E-state index in [1.807, 2.05) is 25.2 Å². The van der Waals surface area contributed by atoms with Crippen LogP contribution in [0.25, 0.3) is 120 Å². The number of nitrogens with zero attached hydrogens (tertiary/aromatic N) is 4. The van der Waals surface area contributed by atoms with Gasteiger partial charge in [-0.25, -0.2) is 0 Å². The minimum atomic E-state index is 1.09. The molecule has 0 bridgehead atoms. The number of rotatable bonds is 12. The number of anilines is 6. The molecule has 3 heterocycles. The monoisotopic (exact) mass is 1180 g/mol. The highest BCUT2D eigenvalue weighted by Gasteiger charge is 2.24. The lowest BCUT2D eigenvalue weighted by Gasteiger charge is -2.25. The van der Waals surface area contributed by atoms with Crippen LogP contribution in [0.3, 0.4) is 0 Å². The third-order valence-electron chi connectivity index (χ3n) is 17.7. The van der Waals surface area contributed by atoms with Gasteiger partial charge in [0.05, 0.1) is 22.1 Å². The van der Waals surface area contributed by atoms with Gasteiger partial charge in [0.25, 0.3) is 0 Å². The molecule has 5 heteroatoms. The van der Waals surface area contributed by atoms with E-state index in [1.54, 1.807) is 0 Å². The highest BCUT2D eigenvalue weighted by molar-refractivity contribution is 7.26. The molecule has 0 aliphatic carbocycles. The summed E-state index contributed by atoms with van der Waals surface area (Å²) in [7, 11) is 0. The summed E-state index contributed by atoms with van der Waals surface area (Å²) in [6.07, 6.45) is 0. The smallest absolute Gasteiger partial charge is 0.0547 e. The Morgan fingerprint density at radius 2 is 0.582 bits per heavy atom. The predicted molar refractivity (Wildman–Crippen MR) is 390 cm³/mol. The van der Waals surface area contributed by atoms with Crippen molar-refractivity contribution in [2.75, 3.05) is 9.80 Å². The Morgan fingerprint density at radius 3 is 1.04 bits per heavy atom. The third-order valence-corrected chi connectivity index (χ3v) is 18.9. The Kier molecular flexibility index (Phi) is 14.2. The SMILES string of the molecule is CC.c1ccc(N(c2ccccc2)c2ccc(-c3cc4sc5c(-c6ccc7c8ccccc8n(-c8ccccc8)c7c6)c(-c6ccc(N(c7ccccc7)c7ccccc7)cc6)ccc5c4cc3-c3ccc4c5ccccc5n(-c5ccccc5)c4c3)cc2)cc1. The first-order valence-electron chi connectivity index (χ1n) is 31.4. The van der Waals surface area contributed by atoms with Crippen LogP contribution in [0, 0.1) is 0 Å². The van der Waals surface area contributed by atoms with Crippen molar-refractivity contribution in [3.05, 3.63) is 340 Å². The summed E-state index contributed by atoms with van der Waals surface area (Å²) < 4.78 is 7.34. The van der Waals surface area contributed by atoms with E-state index in [9.17, 15) is 0 Å². The maximum atomic E-state index is 2.49. The van der Waals surface area contributed by atoms with Crippen molar-refractivity contribution in [3.8, 4) is 55.9 Å². The molecule has 0 fully saturated rings. The zero-order valence-corrected chi connectivity index (χ0v) is 51.3. The molecule has 14 aromatic carbocycles. The fourth-order valence-corrected chi connectivity index (χ4v) is 14.9. The van der Waals surface area contributed by atoms with Crippen LogP contribution in [-0.4, -0.2) is 9.13 Å². The molecule has 0 spiro atoms. The number of thiophene rings is 1. The number of hydrogen-bond acceptors (Lipinski definition) is 3. The standard InChI is InChI=1S/C84H56N4S.C2H6/c1-7-23-61(24-8-1)85(62-25-9-2-10-26-62)67-45-39-57(40-46-67)69-51-52-74-77-55-75(59-43-49-72-70-35-19-21-37-78(70)87(80(72)53-59)65-31-15-5-16-32-65)76(58-41-47-68(48-42-58)86(63-27-11-3-12-28-63)64-29-13-4-14-30-64)56-82(77)89-84(74)83(69)60-44-50-73-71-36-20-22-38-79(71)88(81(73)54-60)66-33-17-6-18-34-66;1-2/h1-56H;1-2H3. The van der Waals surface area contributed by atoms with Gasteiger partial charge in [-0.15, -0.1) is 11.3 Å². The first-order valence-corrected chi connectivity index (χ1v) is 32.2. The van der Waals surface area contributed by atoms with E-state index < -0.39 is 0 Å². The molecule has 0 amide bonds. The van der Waals surface area contributed by atoms with E-state index in [1.165, 1.54) is 91.6 Å². The van der Waals surface area contributed by atoms with E-state index in [-0.39, 0.29) is 0 Å². The van der Waals surface area contributed by atoms with Crippen LogP contribution in [0.2, 0.25) is 0 Å². The Morgan fingerprint density at radius 1 is 0.242 bits per heavy atom. The average Bonchev–Trinajstić information content (AvgIpc) is 1.62. The number of hydrogen-bond donors (Lipinski definition) is 0. The largest absolute Gasteiger partial charge is 0.311 e. The van der Waals surface area contributed by atoms with Crippen LogP contribution >= 0.6 is 11.3 Å². The number of aromatic nitrogens is 2. The van der Waals surface area contributed by atoms with Crippen LogP contribution in [0.5, 0.6) is 0 Å². The lowest BCUT2D eigenvalue weighted by molar-refractivity contribution is 1.18. The van der Waals surface area contributed by atoms with Crippen molar-refractivity contribution in [1.82, 2.24) is 9.13 Å². The molecule has 0 saturated carbocycles. The fourth-order valence-electron chi connectivity index (χ4n) is 13.6. The normalized spacial score (nSPS) is 11.4. The van der Waals surface area contributed by atoms with Crippen LogP contribution in [0.4, 0.5) is 34.1 Å². The van der Waals surface area contributed by atoms with Crippen LogP contribution in [-0.2, 0) is 0 Å². The molecule has 0 aliphatic rings. The topological polar surface area (TPSA) is 16.3 Å². The predicted octanol–water partition coefficient (Wildman–Crippen LogP) is 24.9. The maximum absolute atomic E-state index is 2.49. The lowest BCUT2D eigenvalue weighted by atomic mass is 9.90. The quantitative estimate of drug-likeness (QED) is 0.121. The summed E-state index contributed by atoms with van der Waals surface area (Å²) in [5, 5.41) is 7.38. The van der Waals surface area contributed by atoms with E-state index in [0.29, 0.717) is 0 Å². The summed E-state index contributed by atoms with van der Waals surface area (Å²) in [5.74, 6) is 0. The molecule has 0 atom stereocenters. The van der Waals surface area contributed by atoms with Crippen molar-refractivity contribution >= 4 is 109 Å². The highest BCUT2D eigenvalue weighted by atomic mass is 32.1. The maximum Gasteiger partial charge on any atom is 0.0547 e. The van der Waals surface area contributed by atoms with E-state index in [0.717, 1.165) is 62.2 Å². The second-order valence-corrected chi connectivity index (χ2v) is 23.9. The summed E-state index contributed by atoms with van der Waals surface area (Å²) in [4.78, 5) is 4.67.